The van der Waals surface area contributed by atoms with E-state index in [9.17, 15) is 14.7 Å². The van der Waals surface area contributed by atoms with Gasteiger partial charge in [-0.05, 0) is 29.2 Å². The summed E-state index contributed by atoms with van der Waals surface area (Å²) >= 11 is 0. The molecule has 0 aromatic heterocycles. The van der Waals surface area contributed by atoms with E-state index in [0.29, 0.717) is 0 Å². The predicted octanol–water partition coefficient (Wildman–Crippen LogP) is 2.36. The Bertz CT molecular complexity index is 773. The lowest BCUT2D eigenvalue weighted by molar-refractivity contribution is -0.145. The first kappa shape index (κ1) is 17.0. The lowest BCUT2D eigenvalue weighted by Crippen LogP contribution is -2.55. The Balaban J connectivity index is 1.76. The molecule has 25 heavy (non-hydrogen) atoms. The molecule has 2 aromatic rings. The Labute approximate surface area is 145 Å². The number of hydrogen-bond donors (Lipinski definition) is 3. The van der Waals surface area contributed by atoms with Crippen molar-refractivity contribution in [3.63, 3.8) is 0 Å². The number of carbonyl (C=O) groups excluding carboxylic acids is 1. The summed E-state index contributed by atoms with van der Waals surface area (Å²) in [7, 11) is 0. The Hall–Kier alpha value is -2.86. The van der Waals surface area contributed by atoms with Gasteiger partial charge < -0.3 is 20.3 Å². The van der Waals surface area contributed by atoms with Crippen molar-refractivity contribution >= 4 is 12.1 Å². The van der Waals surface area contributed by atoms with Crippen LogP contribution in [0, 0.1) is 0 Å². The average molecular weight is 341 g/mol. The zero-order valence-electron chi connectivity index (χ0n) is 13.7. The number of rotatable bonds is 5. The molecule has 0 spiro atoms. The molecule has 1 amide bonds. The van der Waals surface area contributed by atoms with Gasteiger partial charge in [0.05, 0.1) is 6.61 Å². The molecular formula is C19H19NO5. The maximum absolute atomic E-state index is 12.0. The topological polar surface area (TPSA) is 95.9 Å². The molecule has 0 saturated carbocycles. The second-order valence-electron chi connectivity index (χ2n) is 6.25. The number of aliphatic carboxylic acids is 1. The highest BCUT2D eigenvalue weighted by atomic mass is 16.5. The van der Waals surface area contributed by atoms with Gasteiger partial charge >= 0.3 is 12.1 Å². The third-order valence-corrected chi connectivity index (χ3v) is 4.51. The number of benzene rings is 2. The number of alkyl carbamates (subject to hydrolysis) is 1. The van der Waals surface area contributed by atoms with Crippen LogP contribution in [-0.4, -0.2) is 41.0 Å². The number of aliphatic hydroxyl groups excluding tert-OH is 1. The molecule has 3 rings (SSSR count). The second-order valence-corrected chi connectivity index (χ2v) is 6.25. The number of fused-ring (bicyclic) bond motifs is 3. The number of nitrogens with one attached hydrogen (secondary N) is 1. The van der Waals surface area contributed by atoms with Gasteiger partial charge in [0.1, 0.15) is 6.61 Å². The molecule has 0 saturated heterocycles. The molecule has 6 heteroatoms. The third kappa shape index (κ3) is 3.08. The van der Waals surface area contributed by atoms with Crippen molar-refractivity contribution in [1.29, 1.82) is 0 Å². The summed E-state index contributed by atoms with van der Waals surface area (Å²) in [5.41, 5.74) is 2.58. The summed E-state index contributed by atoms with van der Waals surface area (Å²) in [5, 5.41) is 20.5. The van der Waals surface area contributed by atoms with E-state index in [4.69, 9.17) is 9.84 Å². The number of ether oxygens (including phenoxy) is 1. The van der Waals surface area contributed by atoms with E-state index in [2.05, 4.69) is 5.32 Å². The van der Waals surface area contributed by atoms with E-state index < -0.39 is 24.2 Å². The Kier molecular flexibility index (Phi) is 4.46. The summed E-state index contributed by atoms with van der Waals surface area (Å²) in [6.45, 7) is 0.574. The minimum atomic E-state index is -1.78. The van der Waals surface area contributed by atoms with Gasteiger partial charge in [0, 0.05) is 5.92 Å². The molecule has 130 valence electrons. The average Bonchev–Trinajstić information content (AvgIpc) is 2.94. The molecule has 1 unspecified atom stereocenters. The van der Waals surface area contributed by atoms with Gasteiger partial charge in [-0.15, -0.1) is 0 Å². The maximum Gasteiger partial charge on any atom is 0.408 e. The largest absolute Gasteiger partial charge is 0.479 e. The standard InChI is InChI=1S/C19H19NO5/c1-19(11-21,17(22)23)20-18(24)25-10-16-14-8-4-2-6-12(14)13-7-3-5-9-15(13)16/h2-9,16,21H,10-11H2,1H3,(H,20,24)(H,22,23). The number of carboxylic acid groups (broad SMARTS) is 1. The summed E-state index contributed by atoms with van der Waals surface area (Å²) < 4.78 is 5.26. The fraction of sp³-hybridized carbons (Fsp3) is 0.263. The van der Waals surface area contributed by atoms with Gasteiger partial charge in [-0.2, -0.15) is 0 Å². The van der Waals surface area contributed by atoms with E-state index in [0.717, 1.165) is 22.3 Å². The van der Waals surface area contributed by atoms with Crippen molar-refractivity contribution in [3.05, 3.63) is 59.7 Å². The fourth-order valence-corrected chi connectivity index (χ4v) is 3.02. The molecule has 0 fully saturated rings. The summed E-state index contributed by atoms with van der Waals surface area (Å²) in [6.07, 6.45) is -0.874. The summed E-state index contributed by atoms with van der Waals surface area (Å²) in [5.74, 6) is -1.44. The molecule has 1 atom stereocenters. The summed E-state index contributed by atoms with van der Waals surface area (Å²) in [6, 6.07) is 15.8. The highest BCUT2D eigenvalue weighted by Crippen LogP contribution is 2.44. The quantitative estimate of drug-likeness (QED) is 0.776. The first-order valence-electron chi connectivity index (χ1n) is 7.93. The van der Waals surface area contributed by atoms with Crippen LogP contribution in [-0.2, 0) is 9.53 Å². The van der Waals surface area contributed by atoms with Crippen molar-refractivity contribution in [1.82, 2.24) is 5.32 Å². The monoisotopic (exact) mass is 341 g/mol. The lowest BCUT2D eigenvalue weighted by atomic mass is 9.98. The van der Waals surface area contributed by atoms with Crippen LogP contribution in [0.4, 0.5) is 4.79 Å². The molecule has 3 N–H and O–H groups in total. The van der Waals surface area contributed by atoms with E-state index >= 15 is 0 Å². The number of carboxylic acids is 1. The minimum absolute atomic E-state index is 0.0843. The van der Waals surface area contributed by atoms with Crippen LogP contribution in [0.25, 0.3) is 11.1 Å². The molecular weight excluding hydrogens is 322 g/mol. The van der Waals surface area contributed by atoms with Crippen molar-refractivity contribution in [2.75, 3.05) is 13.2 Å². The lowest BCUT2D eigenvalue weighted by Gasteiger charge is -2.23. The Morgan fingerprint density at radius 2 is 1.60 bits per heavy atom. The minimum Gasteiger partial charge on any atom is -0.479 e. The SMILES string of the molecule is CC(CO)(NC(=O)OCC1c2ccccc2-c2ccccc21)C(=O)O. The molecule has 0 aliphatic heterocycles. The highest BCUT2D eigenvalue weighted by Gasteiger charge is 2.35. The van der Waals surface area contributed by atoms with Crippen molar-refractivity contribution < 1.29 is 24.5 Å². The first-order valence-corrected chi connectivity index (χ1v) is 7.93. The highest BCUT2D eigenvalue weighted by molar-refractivity contribution is 5.84. The Morgan fingerprint density at radius 1 is 1.08 bits per heavy atom. The van der Waals surface area contributed by atoms with E-state index in [1.807, 2.05) is 48.5 Å². The number of hydrogen-bond acceptors (Lipinski definition) is 4. The van der Waals surface area contributed by atoms with Gasteiger partial charge in [-0.25, -0.2) is 9.59 Å². The normalized spacial score (nSPS) is 15.0. The fourth-order valence-electron chi connectivity index (χ4n) is 3.02. The molecule has 0 heterocycles. The van der Waals surface area contributed by atoms with Gasteiger partial charge in [0.2, 0.25) is 0 Å². The van der Waals surface area contributed by atoms with Crippen LogP contribution in [0.5, 0.6) is 0 Å². The molecule has 0 bridgehead atoms. The molecule has 1 aliphatic carbocycles. The van der Waals surface area contributed by atoms with E-state index in [1.165, 1.54) is 6.92 Å². The van der Waals surface area contributed by atoms with Crippen LogP contribution in [0.3, 0.4) is 0 Å². The second kappa shape index (κ2) is 6.57. The van der Waals surface area contributed by atoms with Gasteiger partial charge in [0.15, 0.2) is 5.54 Å². The van der Waals surface area contributed by atoms with Crippen molar-refractivity contribution in [2.45, 2.75) is 18.4 Å². The van der Waals surface area contributed by atoms with Crippen LogP contribution in [0.1, 0.15) is 24.0 Å². The number of carbonyl (C=O) groups is 2. The first-order chi connectivity index (χ1) is 12.0. The van der Waals surface area contributed by atoms with Crippen LogP contribution < -0.4 is 5.32 Å². The number of aliphatic hydroxyl groups is 1. The van der Waals surface area contributed by atoms with E-state index in [-0.39, 0.29) is 12.5 Å². The summed E-state index contributed by atoms with van der Waals surface area (Å²) in [4.78, 5) is 23.1. The molecule has 6 nitrogen and oxygen atoms in total. The van der Waals surface area contributed by atoms with Crippen molar-refractivity contribution in [2.24, 2.45) is 0 Å². The van der Waals surface area contributed by atoms with Crippen LogP contribution in [0.2, 0.25) is 0 Å². The van der Waals surface area contributed by atoms with Gasteiger partial charge in [0.25, 0.3) is 0 Å². The van der Waals surface area contributed by atoms with E-state index in [1.54, 1.807) is 0 Å². The number of amides is 1. The third-order valence-electron chi connectivity index (χ3n) is 4.51. The predicted molar refractivity (Wildman–Crippen MR) is 91.3 cm³/mol. The van der Waals surface area contributed by atoms with Gasteiger partial charge in [-0.3, -0.25) is 0 Å². The van der Waals surface area contributed by atoms with Crippen LogP contribution in [0.15, 0.2) is 48.5 Å². The van der Waals surface area contributed by atoms with Gasteiger partial charge in [-0.1, -0.05) is 48.5 Å². The van der Waals surface area contributed by atoms with Crippen LogP contribution >= 0.6 is 0 Å². The Morgan fingerprint density at radius 3 is 2.08 bits per heavy atom. The maximum atomic E-state index is 12.0. The van der Waals surface area contributed by atoms with Crippen molar-refractivity contribution in [3.8, 4) is 11.1 Å². The molecule has 1 aliphatic rings. The zero-order chi connectivity index (χ0) is 18.0. The molecule has 2 aromatic carbocycles. The zero-order valence-corrected chi connectivity index (χ0v) is 13.7. The smallest absolute Gasteiger partial charge is 0.408 e. The molecule has 0 radical (unpaired) electrons.